The van der Waals surface area contributed by atoms with Crippen molar-refractivity contribution in [1.82, 2.24) is 20.0 Å². The van der Waals surface area contributed by atoms with Crippen molar-refractivity contribution in [3.8, 4) is 17.3 Å². The molecule has 7 nitrogen and oxygen atoms in total. The Balaban J connectivity index is 2.03. The Kier molecular flexibility index (Phi) is 5.81. The van der Waals surface area contributed by atoms with Gasteiger partial charge in [-0.25, -0.2) is 13.1 Å². The predicted octanol–water partition coefficient (Wildman–Crippen LogP) is 5.44. The fraction of sp³-hybridized carbons (Fsp3) is 0.318. The summed E-state index contributed by atoms with van der Waals surface area (Å²) >= 11 is 12.6. The molecule has 0 spiro atoms. The molecule has 1 aromatic carbocycles. The van der Waals surface area contributed by atoms with Crippen LogP contribution in [-0.2, 0) is 15.3 Å². The minimum Gasteiger partial charge on any atom is -0.419 e. The number of halogens is 2. The van der Waals surface area contributed by atoms with Gasteiger partial charge in [-0.05, 0) is 24.6 Å². The van der Waals surface area contributed by atoms with Gasteiger partial charge in [0.05, 0.1) is 16.4 Å². The second kappa shape index (κ2) is 8.17. The summed E-state index contributed by atoms with van der Waals surface area (Å²) in [6.07, 6.45) is 7.09. The van der Waals surface area contributed by atoms with Crippen molar-refractivity contribution in [3.05, 3.63) is 64.1 Å². The maximum absolute atomic E-state index is 13.0. The first-order valence-electron chi connectivity index (χ1n) is 9.93. The van der Waals surface area contributed by atoms with Crippen molar-refractivity contribution in [2.45, 2.75) is 43.4 Å². The molecule has 0 saturated heterocycles. The van der Waals surface area contributed by atoms with E-state index >= 15 is 0 Å². The normalized spacial score (nSPS) is 16.9. The Morgan fingerprint density at radius 2 is 1.88 bits per heavy atom. The quantitative estimate of drug-likeness (QED) is 0.481. The molecule has 1 unspecified atom stereocenters. The fourth-order valence-corrected chi connectivity index (χ4v) is 4.95. The average Bonchev–Trinajstić information content (AvgIpc) is 3.33. The van der Waals surface area contributed by atoms with Crippen molar-refractivity contribution in [1.29, 1.82) is 0 Å². The van der Waals surface area contributed by atoms with E-state index in [2.05, 4.69) is 15.3 Å². The van der Waals surface area contributed by atoms with Gasteiger partial charge < -0.3 is 4.42 Å². The van der Waals surface area contributed by atoms with Crippen LogP contribution in [0.3, 0.4) is 0 Å². The Morgan fingerprint density at radius 3 is 2.44 bits per heavy atom. The molecule has 0 aliphatic heterocycles. The van der Waals surface area contributed by atoms with Crippen molar-refractivity contribution in [3.63, 3.8) is 0 Å². The number of hydrogen-bond donors (Lipinski definition) is 0. The van der Waals surface area contributed by atoms with Gasteiger partial charge in [0.1, 0.15) is 4.90 Å². The first-order chi connectivity index (χ1) is 15.0. The van der Waals surface area contributed by atoms with E-state index in [9.17, 15) is 8.42 Å². The summed E-state index contributed by atoms with van der Waals surface area (Å²) in [6.45, 7) is 5.79. The van der Waals surface area contributed by atoms with Crippen LogP contribution in [-0.4, -0.2) is 34.7 Å². The van der Waals surface area contributed by atoms with E-state index in [1.54, 1.807) is 29.0 Å². The molecule has 0 bridgehead atoms. The number of aromatic nitrogens is 4. The topological polar surface area (TPSA) is 90.9 Å². The first kappa shape index (κ1) is 22.8. The van der Waals surface area contributed by atoms with Crippen LogP contribution in [0.25, 0.3) is 17.3 Å². The lowest BCUT2D eigenvalue weighted by Gasteiger charge is -2.18. The van der Waals surface area contributed by atoms with E-state index < -0.39 is 15.3 Å². The maximum Gasteiger partial charge on any atom is 0.269 e. The van der Waals surface area contributed by atoms with Crippen LogP contribution in [0.2, 0.25) is 5.02 Å². The molecule has 10 heteroatoms. The Hall–Kier alpha value is -2.42. The number of para-hydroxylation sites is 1. The maximum atomic E-state index is 13.0. The molecule has 0 radical (unpaired) electrons. The molecule has 168 valence electrons. The molecule has 32 heavy (non-hydrogen) atoms. The molecular weight excluding hydrogens is 471 g/mol. The first-order valence-corrected chi connectivity index (χ1v) is 12.6. The second-order valence-electron chi connectivity index (χ2n) is 8.65. The van der Waals surface area contributed by atoms with Gasteiger partial charge in [-0.1, -0.05) is 68.3 Å². The van der Waals surface area contributed by atoms with E-state index in [4.69, 9.17) is 27.6 Å². The molecule has 4 rings (SSSR count). The van der Waals surface area contributed by atoms with Gasteiger partial charge >= 0.3 is 0 Å². The Bertz CT molecular complexity index is 1350. The third kappa shape index (κ3) is 4.27. The van der Waals surface area contributed by atoms with Crippen LogP contribution in [0.15, 0.2) is 56.8 Å². The molecule has 1 atom stereocenters. The molecule has 0 saturated carbocycles. The van der Waals surface area contributed by atoms with E-state index in [0.717, 1.165) is 6.26 Å². The van der Waals surface area contributed by atoms with Gasteiger partial charge in [0.15, 0.2) is 15.5 Å². The average molecular weight is 493 g/mol. The van der Waals surface area contributed by atoms with E-state index in [1.165, 1.54) is 0 Å². The van der Waals surface area contributed by atoms with Gasteiger partial charge in [-0.2, -0.15) is 5.10 Å². The zero-order valence-electron chi connectivity index (χ0n) is 18.0. The number of hydrogen-bond acceptors (Lipinski definition) is 6. The highest BCUT2D eigenvalue weighted by Crippen LogP contribution is 2.40. The van der Waals surface area contributed by atoms with Gasteiger partial charge in [0, 0.05) is 22.6 Å². The molecule has 0 fully saturated rings. The predicted molar refractivity (Wildman–Crippen MR) is 124 cm³/mol. The molecular formula is C22H22Cl2N4O3S. The lowest BCUT2D eigenvalue weighted by Crippen LogP contribution is -2.12. The van der Waals surface area contributed by atoms with Crippen LogP contribution in [0.4, 0.5) is 0 Å². The minimum absolute atomic E-state index is 0.0302. The van der Waals surface area contributed by atoms with Gasteiger partial charge in [-0.15, -0.1) is 10.2 Å². The summed E-state index contributed by atoms with van der Waals surface area (Å²) in [6, 6.07) is 7.10. The lowest BCUT2D eigenvalue weighted by molar-refractivity contribution is 0.398. The van der Waals surface area contributed by atoms with Crippen molar-refractivity contribution in [2.75, 3.05) is 6.26 Å². The lowest BCUT2D eigenvalue weighted by atomic mass is 9.96. The molecule has 0 N–H and O–H groups in total. The zero-order chi connectivity index (χ0) is 23.3. The number of benzene rings is 1. The summed E-state index contributed by atoms with van der Waals surface area (Å²) in [4.78, 5) is 0.0302. The molecule has 1 aliphatic carbocycles. The molecule has 2 aromatic heterocycles. The Labute approximate surface area is 196 Å². The number of rotatable bonds is 4. The highest BCUT2D eigenvalue weighted by atomic mass is 35.5. The van der Waals surface area contributed by atoms with E-state index in [0.29, 0.717) is 33.7 Å². The van der Waals surface area contributed by atoms with Crippen molar-refractivity contribution >= 4 is 33.0 Å². The number of nitrogens with zero attached hydrogens (tertiary/aromatic N) is 4. The summed E-state index contributed by atoms with van der Waals surface area (Å²) in [5, 5.41) is 13.9. The van der Waals surface area contributed by atoms with Crippen molar-refractivity contribution in [2.24, 2.45) is 0 Å². The van der Waals surface area contributed by atoms with Crippen molar-refractivity contribution < 1.29 is 12.8 Å². The second-order valence-corrected chi connectivity index (χ2v) is 11.4. The Morgan fingerprint density at radius 1 is 1.16 bits per heavy atom. The fourth-order valence-electron chi connectivity index (χ4n) is 3.47. The van der Waals surface area contributed by atoms with Crippen LogP contribution in [0.1, 0.15) is 44.7 Å². The molecule has 2 heterocycles. The highest BCUT2D eigenvalue weighted by molar-refractivity contribution is 7.90. The highest BCUT2D eigenvalue weighted by Gasteiger charge is 2.34. The van der Waals surface area contributed by atoms with E-state index in [-0.39, 0.29) is 22.4 Å². The third-order valence-electron chi connectivity index (χ3n) is 5.00. The summed E-state index contributed by atoms with van der Waals surface area (Å²) in [7, 11) is -3.74. The summed E-state index contributed by atoms with van der Waals surface area (Å²) in [5.41, 5.74) is 0.699. The third-order valence-corrected chi connectivity index (χ3v) is 6.75. The van der Waals surface area contributed by atoms with Gasteiger partial charge in [0.25, 0.3) is 5.89 Å². The van der Waals surface area contributed by atoms with Crippen LogP contribution >= 0.6 is 23.2 Å². The van der Waals surface area contributed by atoms with E-state index in [1.807, 2.05) is 39.0 Å². The molecule has 0 amide bonds. The smallest absolute Gasteiger partial charge is 0.269 e. The van der Waals surface area contributed by atoms with Gasteiger partial charge in [0.2, 0.25) is 5.89 Å². The zero-order valence-corrected chi connectivity index (χ0v) is 20.3. The van der Waals surface area contributed by atoms with Crippen LogP contribution in [0.5, 0.6) is 0 Å². The van der Waals surface area contributed by atoms with Gasteiger partial charge in [-0.3, -0.25) is 0 Å². The van der Waals surface area contributed by atoms with Crippen LogP contribution < -0.4 is 0 Å². The standard InChI is InChI=1S/C22H22Cl2N4O3S/c1-22(2,3)21-26-25-20(31-21)17-19(32(4,29)30)18(13-9-11-14(23)12-10-13)28(27-17)16-8-6-5-7-15(16)24/h5-9,11-13H,10H2,1-4H3. The monoisotopic (exact) mass is 492 g/mol. The molecule has 1 aliphatic rings. The largest absolute Gasteiger partial charge is 0.419 e. The summed E-state index contributed by atoms with van der Waals surface area (Å²) < 4.78 is 33.5. The number of sulfone groups is 1. The van der Waals surface area contributed by atoms with Crippen LogP contribution in [0, 0.1) is 0 Å². The molecule has 3 aromatic rings. The minimum atomic E-state index is -3.74. The number of allylic oxidation sites excluding steroid dienone is 4. The SMILES string of the molecule is CC(C)(C)c1nnc(-c2nn(-c3ccccc3Cl)c(C3C=CC(Cl)=CC3)c2S(C)(=O)=O)o1. The summed E-state index contributed by atoms with van der Waals surface area (Å²) in [5.74, 6) is 0.119.